The van der Waals surface area contributed by atoms with E-state index in [2.05, 4.69) is 29.2 Å². The number of carboxylic acid groups (broad SMARTS) is 1. The molecule has 1 aromatic heterocycles. The summed E-state index contributed by atoms with van der Waals surface area (Å²) in [6, 6.07) is 16.3. The number of benzene rings is 2. The minimum Gasteiger partial charge on any atom is -0.476 e. The molecule has 1 N–H and O–H groups in total. The van der Waals surface area contributed by atoms with E-state index < -0.39 is 12.1 Å². The molecule has 7 nitrogen and oxygen atoms in total. The van der Waals surface area contributed by atoms with E-state index in [0.29, 0.717) is 31.2 Å². The maximum atomic E-state index is 13.1. The van der Waals surface area contributed by atoms with Gasteiger partial charge in [-0.15, -0.1) is 0 Å². The first kappa shape index (κ1) is 19.4. The van der Waals surface area contributed by atoms with Crippen LogP contribution < -0.4 is 4.90 Å². The molecule has 2 heterocycles. The number of nitrogens with zero attached hydrogens (tertiary/aromatic N) is 3. The van der Waals surface area contributed by atoms with E-state index in [1.807, 2.05) is 35.8 Å². The van der Waals surface area contributed by atoms with Gasteiger partial charge in [0.1, 0.15) is 12.4 Å². The number of hydrogen-bond donors (Lipinski definition) is 1. The van der Waals surface area contributed by atoms with E-state index in [-0.39, 0.29) is 18.2 Å². The molecule has 158 valence electrons. The third-order valence-electron chi connectivity index (χ3n) is 6.11. The first-order valence-corrected chi connectivity index (χ1v) is 10.5. The summed E-state index contributed by atoms with van der Waals surface area (Å²) < 4.78 is 7.59. The number of aryl methyl sites for hydroxylation is 1. The third-order valence-corrected chi connectivity index (χ3v) is 6.11. The van der Waals surface area contributed by atoms with Gasteiger partial charge < -0.3 is 14.4 Å². The lowest BCUT2D eigenvalue weighted by Gasteiger charge is -2.29. The molecule has 2 aromatic carbocycles. The molecular formula is C24H23N3O4. The summed E-state index contributed by atoms with van der Waals surface area (Å²) >= 11 is 0. The summed E-state index contributed by atoms with van der Waals surface area (Å²) in [5, 5.41) is 9.62. The Bertz CT molecular complexity index is 1140. The lowest BCUT2D eigenvalue weighted by molar-refractivity contribution is 0.0691. The standard InChI is InChI=1S/C24H23N3O4/c1-2-20-25-21(23(28)29)22-26(20)12-7-13-27(22)24(30)31-14-19-17-10-5-3-8-15(17)16-9-4-6-11-18(16)19/h3-6,8-11,19H,2,7,12-14H2,1H3,(H,28,29). The van der Waals surface area contributed by atoms with Crippen LogP contribution in [-0.2, 0) is 17.7 Å². The van der Waals surface area contributed by atoms with Crippen LogP contribution in [0, 0.1) is 0 Å². The van der Waals surface area contributed by atoms with Crippen molar-refractivity contribution in [2.45, 2.75) is 32.2 Å². The zero-order chi connectivity index (χ0) is 21.5. The molecule has 0 saturated carbocycles. The van der Waals surface area contributed by atoms with Crippen molar-refractivity contribution < 1.29 is 19.4 Å². The summed E-state index contributed by atoms with van der Waals surface area (Å²) in [4.78, 5) is 30.5. The van der Waals surface area contributed by atoms with E-state index in [1.54, 1.807) is 0 Å². The molecule has 1 aliphatic heterocycles. The van der Waals surface area contributed by atoms with Gasteiger partial charge in [-0.2, -0.15) is 0 Å². The van der Waals surface area contributed by atoms with Crippen LogP contribution in [0.4, 0.5) is 10.6 Å². The predicted octanol–water partition coefficient (Wildman–Crippen LogP) is 4.30. The summed E-state index contributed by atoms with van der Waals surface area (Å²) in [5.41, 5.74) is 4.51. The van der Waals surface area contributed by atoms with E-state index in [9.17, 15) is 14.7 Å². The molecule has 7 heteroatoms. The molecule has 1 aliphatic carbocycles. The van der Waals surface area contributed by atoms with Crippen molar-refractivity contribution in [3.8, 4) is 11.1 Å². The number of ether oxygens (including phenoxy) is 1. The van der Waals surface area contributed by atoms with Crippen LogP contribution >= 0.6 is 0 Å². The summed E-state index contributed by atoms with van der Waals surface area (Å²) in [6.07, 6.45) is 0.783. The maximum Gasteiger partial charge on any atom is 0.415 e. The van der Waals surface area contributed by atoms with Crippen molar-refractivity contribution in [3.05, 3.63) is 71.2 Å². The van der Waals surface area contributed by atoms with Gasteiger partial charge in [0.2, 0.25) is 0 Å². The highest BCUT2D eigenvalue weighted by Gasteiger charge is 2.34. The first-order valence-electron chi connectivity index (χ1n) is 10.5. The Hall–Kier alpha value is -3.61. The van der Waals surface area contributed by atoms with Crippen LogP contribution in [0.15, 0.2) is 48.5 Å². The van der Waals surface area contributed by atoms with E-state index >= 15 is 0 Å². The summed E-state index contributed by atoms with van der Waals surface area (Å²) in [5.74, 6) is -0.186. The molecule has 2 aliphatic rings. The van der Waals surface area contributed by atoms with Crippen molar-refractivity contribution >= 4 is 17.9 Å². The molecular weight excluding hydrogens is 394 g/mol. The highest BCUT2D eigenvalue weighted by molar-refractivity contribution is 5.98. The monoisotopic (exact) mass is 417 g/mol. The van der Waals surface area contributed by atoms with Crippen molar-refractivity contribution in [1.29, 1.82) is 0 Å². The van der Waals surface area contributed by atoms with Gasteiger partial charge in [0, 0.05) is 25.4 Å². The molecule has 3 aromatic rings. The number of imidazole rings is 1. The van der Waals surface area contributed by atoms with Crippen molar-refractivity contribution in [1.82, 2.24) is 9.55 Å². The number of aromatic nitrogens is 2. The first-order chi connectivity index (χ1) is 15.1. The van der Waals surface area contributed by atoms with Gasteiger partial charge in [0.05, 0.1) is 0 Å². The van der Waals surface area contributed by atoms with Gasteiger partial charge in [-0.1, -0.05) is 55.5 Å². The van der Waals surface area contributed by atoms with Gasteiger partial charge in [-0.25, -0.2) is 14.6 Å². The second kappa shape index (κ2) is 7.58. The summed E-state index contributed by atoms with van der Waals surface area (Å²) in [7, 11) is 0. The van der Waals surface area contributed by atoms with Crippen LogP contribution in [0.2, 0.25) is 0 Å². The fourth-order valence-corrected chi connectivity index (χ4v) is 4.75. The van der Waals surface area contributed by atoms with Gasteiger partial charge >= 0.3 is 12.1 Å². The smallest absolute Gasteiger partial charge is 0.415 e. The third kappa shape index (κ3) is 3.08. The number of carboxylic acids is 1. The number of anilines is 1. The molecule has 0 bridgehead atoms. The van der Waals surface area contributed by atoms with E-state index in [0.717, 1.165) is 28.7 Å². The van der Waals surface area contributed by atoms with E-state index in [4.69, 9.17) is 4.74 Å². The fraction of sp³-hybridized carbons (Fsp3) is 0.292. The normalized spacial score (nSPS) is 14.7. The highest BCUT2D eigenvalue weighted by Crippen LogP contribution is 2.44. The fourth-order valence-electron chi connectivity index (χ4n) is 4.75. The van der Waals surface area contributed by atoms with Gasteiger partial charge in [-0.05, 0) is 28.7 Å². The van der Waals surface area contributed by atoms with Crippen LogP contribution in [0.3, 0.4) is 0 Å². The number of fused-ring (bicyclic) bond motifs is 4. The van der Waals surface area contributed by atoms with Crippen LogP contribution in [0.5, 0.6) is 0 Å². The molecule has 0 atom stereocenters. The average molecular weight is 417 g/mol. The molecule has 5 rings (SSSR count). The van der Waals surface area contributed by atoms with Crippen molar-refractivity contribution in [3.63, 3.8) is 0 Å². The minimum atomic E-state index is -1.14. The van der Waals surface area contributed by atoms with Gasteiger partial charge in [0.15, 0.2) is 11.5 Å². The Morgan fingerprint density at radius 3 is 2.32 bits per heavy atom. The minimum absolute atomic E-state index is 0.0452. The lowest BCUT2D eigenvalue weighted by atomic mass is 9.98. The predicted molar refractivity (Wildman–Crippen MR) is 116 cm³/mol. The largest absolute Gasteiger partial charge is 0.476 e. The second-order valence-electron chi connectivity index (χ2n) is 7.82. The Morgan fingerprint density at radius 1 is 1.06 bits per heavy atom. The van der Waals surface area contributed by atoms with Gasteiger partial charge in [0.25, 0.3) is 0 Å². The molecule has 0 spiro atoms. The van der Waals surface area contributed by atoms with Crippen LogP contribution in [0.1, 0.15) is 46.7 Å². The van der Waals surface area contributed by atoms with Crippen LogP contribution in [0.25, 0.3) is 11.1 Å². The van der Waals surface area contributed by atoms with E-state index in [1.165, 1.54) is 4.90 Å². The molecule has 0 fully saturated rings. The molecule has 31 heavy (non-hydrogen) atoms. The highest BCUT2D eigenvalue weighted by atomic mass is 16.6. The number of amides is 1. The van der Waals surface area contributed by atoms with Crippen molar-refractivity contribution in [2.75, 3.05) is 18.1 Å². The number of rotatable bonds is 4. The molecule has 1 amide bonds. The Balaban J connectivity index is 1.42. The average Bonchev–Trinajstić information content (AvgIpc) is 3.33. The second-order valence-corrected chi connectivity index (χ2v) is 7.82. The topological polar surface area (TPSA) is 84.7 Å². The number of carbonyl (C=O) groups is 2. The van der Waals surface area contributed by atoms with Gasteiger partial charge in [-0.3, -0.25) is 4.90 Å². The van der Waals surface area contributed by atoms with Crippen molar-refractivity contribution in [2.24, 2.45) is 0 Å². The zero-order valence-electron chi connectivity index (χ0n) is 17.2. The quantitative estimate of drug-likeness (QED) is 0.684. The molecule has 0 unspecified atom stereocenters. The lowest BCUT2D eigenvalue weighted by Crippen LogP contribution is -2.39. The summed E-state index contributed by atoms with van der Waals surface area (Å²) in [6.45, 7) is 3.17. The molecule has 0 saturated heterocycles. The maximum absolute atomic E-state index is 13.1. The van der Waals surface area contributed by atoms with Crippen LogP contribution in [-0.4, -0.2) is 39.9 Å². The SMILES string of the molecule is CCc1nc(C(=O)O)c2n1CCCN2C(=O)OCC1c2ccccc2-c2ccccc21. The number of carbonyl (C=O) groups excluding carboxylic acids is 1. The Kier molecular flexibility index (Phi) is 4.73. The number of hydrogen-bond acceptors (Lipinski definition) is 4. The molecule has 0 radical (unpaired) electrons. The Labute approximate surface area is 179 Å². The number of aromatic carboxylic acids is 1. The Morgan fingerprint density at radius 2 is 1.71 bits per heavy atom. The zero-order valence-corrected chi connectivity index (χ0v) is 17.2.